The zero-order valence-electron chi connectivity index (χ0n) is 14.1. The smallest absolute Gasteiger partial charge is 0.366 e. The van der Waals surface area contributed by atoms with Gasteiger partial charge in [0, 0.05) is 37.9 Å². The molecule has 4 nitrogen and oxygen atoms in total. The van der Waals surface area contributed by atoms with Crippen LogP contribution >= 0.6 is 0 Å². The van der Waals surface area contributed by atoms with Crippen molar-refractivity contribution in [3.8, 4) is 0 Å². The van der Waals surface area contributed by atoms with Crippen LogP contribution < -0.4 is 9.80 Å². The van der Waals surface area contributed by atoms with Gasteiger partial charge in [0.05, 0.1) is 11.3 Å². The van der Waals surface area contributed by atoms with Gasteiger partial charge in [-0.1, -0.05) is 0 Å². The minimum absolute atomic E-state index is 0.200. The topological polar surface area (TPSA) is 36.4 Å². The number of aromatic nitrogens is 1. The Kier molecular flexibility index (Phi) is 4.84. The molecule has 2 aromatic rings. The number of benzene rings is 1. The lowest BCUT2D eigenvalue weighted by Gasteiger charge is -2.37. The quantitative estimate of drug-likeness (QED) is 0.611. The largest absolute Gasteiger partial charge is 0.417 e. The molecule has 3 rings (SSSR count). The third-order valence-corrected chi connectivity index (χ3v) is 4.37. The number of Topliss-reactive ketones (excluding diaryl/α,β-unsaturated/α-hetero) is 1. The fourth-order valence-corrected chi connectivity index (χ4v) is 2.90. The number of nitrogens with zero attached hydrogens (tertiary/aromatic N) is 3. The summed E-state index contributed by atoms with van der Waals surface area (Å²) in [5.41, 5.74) is -0.0543. The van der Waals surface area contributed by atoms with E-state index in [0.717, 1.165) is 12.3 Å². The molecule has 0 radical (unpaired) electrons. The number of rotatable bonds is 3. The van der Waals surface area contributed by atoms with Crippen LogP contribution in [0.15, 0.2) is 36.5 Å². The van der Waals surface area contributed by atoms with Gasteiger partial charge in [-0.25, -0.2) is 9.37 Å². The Morgan fingerprint density at radius 3 is 2.19 bits per heavy atom. The fraction of sp³-hybridized carbons (Fsp3) is 0.333. The lowest BCUT2D eigenvalue weighted by atomic mass is 10.1. The summed E-state index contributed by atoms with van der Waals surface area (Å²) in [6, 6.07) is 6.75. The Labute approximate surface area is 148 Å². The lowest BCUT2D eigenvalue weighted by Crippen LogP contribution is -2.47. The van der Waals surface area contributed by atoms with Gasteiger partial charge in [-0.05, 0) is 37.3 Å². The first-order valence-corrected chi connectivity index (χ1v) is 8.09. The van der Waals surface area contributed by atoms with Crippen molar-refractivity contribution < 1.29 is 22.4 Å². The zero-order chi connectivity index (χ0) is 18.9. The number of carbonyl (C=O) groups is 1. The molecular weight excluding hydrogens is 350 g/mol. The van der Waals surface area contributed by atoms with Crippen molar-refractivity contribution in [1.29, 1.82) is 0 Å². The summed E-state index contributed by atoms with van der Waals surface area (Å²) >= 11 is 0. The van der Waals surface area contributed by atoms with Crippen LogP contribution in [0.5, 0.6) is 0 Å². The van der Waals surface area contributed by atoms with Crippen LogP contribution in [0, 0.1) is 5.82 Å². The van der Waals surface area contributed by atoms with Crippen LogP contribution in [-0.2, 0) is 6.18 Å². The van der Waals surface area contributed by atoms with Gasteiger partial charge in [-0.3, -0.25) is 4.79 Å². The van der Waals surface area contributed by atoms with Crippen molar-refractivity contribution in [3.05, 3.63) is 53.5 Å². The van der Waals surface area contributed by atoms with E-state index in [1.54, 1.807) is 12.1 Å². The van der Waals surface area contributed by atoms with E-state index in [0.29, 0.717) is 43.2 Å². The third kappa shape index (κ3) is 3.79. The van der Waals surface area contributed by atoms with Gasteiger partial charge in [-0.15, -0.1) is 0 Å². The number of anilines is 2. The molecule has 0 N–H and O–H groups in total. The number of piperazine rings is 1. The van der Waals surface area contributed by atoms with E-state index in [9.17, 15) is 22.4 Å². The fourth-order valence-electron chi connectivity index (χ4n) is 2.90. The summed E-state index contributed by atoms with van der Waals surface area (Å²) in [7, 11) is 0. The van der Waals surface area contributed by atoms with Crippen molar-refractivity contribution >= 4 is 17.3 Å². The van der Waals surface area contributed by atoms with Crippen molar-refractivity contribution in [2.45, 2.75) is 13.1 Å². The number of carbonyl (C=O) groups excluding carboxylic acids is 1. The van der Waals surface area contributed by atoms with Gasteiger partial charge in [0.1, 0.15) is 11.6 Å². The number of alkyl halides is 3. The van der Waals surface area contributed by atoms with E-state index in [1.165, 1.54) is 19.1 Å². The maximum atomic E-state index is 14.2. The molecule has 0 spiro atoms. The van der Waals surface area contributed by atoms with Crippen LogP contribution in [0.4, 0.5) is 29.1 Å². The predicted molar refractivity (Wildman–Crippen MR) is 90.1 cm³/mol. The van der Waals surface area contributed by atoms with Gasteiger partial charge < -0.3 is 9.80 Å². The maximum Gasteiger partial charge on any atom is 0.417 e. The SMILES string of the molecule is CC(=O)c1ccc(N2CCN(c3ccc(C(F)(F)F)cn3)CC2)c(F)c1. The first kappa shape index (κ1) is 18.2. The Morgan fingerprint density at radius 1 is 1.04 bits per heavy atom. The van der Waals surface area contributed by atoms with Gasteiger partial charge >= 0.3 is 6.18 Å². The van der Waals surface area contributed by atoms with Crippen LogP contribution in [0.1, 0.15) is 22.8 Å². The summed E-state index contributed by atoms with van der Waals surface area (Å²) in [5, 5.41) is 0. The molecule has 1 saturated heterocycles. The molecule has 1 fully saturated rings. The molecule has 0 saturated carbocycles. The molecule has 0 amide bonds. The molecule has 0 bridgehead atoms. The Bertz CT molecular complexity index is 797. The summed E-state index contributed by atoms with van der Waals surface area (Å²) < 4.78 is 52.0. The Hall–Kier alpha value is -2.64. The van der Waals surface area contributed by atoms with Crippen LogP contribution in [-0.4, -0.2) is 36.9 Å². The number of hydrogen-bond donors (Lipinski definition) is 0. The molecule has 1 aromatic heterocycles. The summed E-state index contributed by atoms with van der Waals surface area (Å²) in [5.74, 6) is -0.197. The molecule has 0 aliphatic carbocycles. The minimum atomic E-state index is -4.41. The van der Waals surface area contributed by atoms with Gasteiger partial charge in [-0.2, -0.15) is 13.2 Å². The molecule has 1 aliphatic heterocycles. The molecule has 1 aliphatic rings. The minimum Gasteiger partial charge on any atom is -0.366 e. The third-order valence-electron chi connectivity index (χ3n) is 4.37. The summed E-state index contributed by atoms with van der Waals surface area (Å²) in [4.78, 5) is 18.9. The van der Waals surface area contributed by atoms with Crippen molar-refractivity contribution in [2.24, 2.45) is 0 Å². The highest BCUT2D eigenvalue weighted by atomic mass is 19.4. The Morgan fingerprint density at radius 2 is 1.69 bits per heavy atom. The second kappa shape index (κ2) is 6.93. The monoisotopic (exact) mass is 367 g/mol. The van der Waals surface area contributed by atoms with Crippen molar-refractivity contribution in [1.82, 2.24) is 4.98 Å². The van der Waals surface area contributed by atoms with Gasteiger partial charge in [0.2, 0.25) is 0 Å². The lowest BCUT2D eigenvalue weighted by molar-refractivity contribution is -0.137. The summed E-state index contributed by atoms with van der Waals surface area (Å²) in [6.07, 6.45) is -3.59. The summed E-state index contributed by atoms with van der Waals surface area (Å²) in [6.45, 7) is 3.39. The van der Waals surface area contributed by atoms with Crippen LogP contribution in [0.25, 0.3) is 0 Å². The first-order valence-electron chi connectivity index (χ1n) is 8.09. The molecule has 2 heterocycles. The average molecular weight is 367 g/mol. The highest BCUT2D eigenvalue weighted by molar-refractivity contribution is 5.94. The van der Waals surface area contributed by atoms with E-state index in [4.69, 9.17) is 0 Å². The van der Waals surface area contributed by atoms with Crippen molar-refractivity contribution in [3.63, 3.8) is 0 Å². The first-order chi connectivity index (χ1) is 12.3. The molecule has 8 heteroatoms. The number of pyridine rings is 1. The molecule has 0 unspecified atom stereocenters. The second-order valence-corrected chi connectivity index (χ2v) is 6.10. The zero-order valence-corrected chi connectivity index (χ0v) is 14.1. The van der Waals surface area contributed by atoms with E-state index in [1.807, 2.05) is 9.80 Å². The highest BCUT2D eigenvalue weighted by Crippen LogP contribution is 2.30. The van der Waals surface area contributed by atoms with E-state index >= 15 is 0 Å². The second-order valence-electron chi connectivity index (χ2n) is 6.10. The molecule has 1 aromatic carbocycles. The normalized spacial score (nSPS) is 15.3. The van der Waals surface area contributed by atoms with E-state index in [-0.39, 0.29) is 5.78 Å². The molecule has 0 atom stereocenters. The number of hydrogen-bond acceptors (Lipinski definition) is 4. The molecule has 138 valence electrons. The predicted octanol–water partition coefficient (Wildman–Crippen LogP) is 3.77. The van der Waals surface area contributed by atoms with E-state index in [2.05, 4.69) is 4.98 Å². The van der Waals surface area contributed by atoms with Gasteiger partial charge in [0.25, 0.3) is 0 Å². The average Bonchev–Trinajstić information content (AvgIpc) is 2.61. The maximum absolute atomic E-state index is 14.2. The van der Waals surface area contributed by atoms with E-state index < -0.39 is 17.6 Å². The van der Waals surface area contributed by atoms with Crippen LogP contribution in [0.3, 0.4) is 0 Å². The standard InChI is InChI=1S/C18H17F4N3O/c1-12(26)13-2-4-16(15(19)10-13)24-6-8-25(9-7-24)17-5-3-14(11-23-17)18(20,21)22/h2-5,10-11H,6-9H2,1H3. The highest BCUT2D eigenvalue weighted by Gasteiger charge is 2.31. The Balaban J connectivity index is 1.67. The molecular formula is C18H17F4N3O. The molecule has 26 heavy (non-hydrogen) atoms. The van der Waals surface area contributed by atoms with Crippen molar-refractivity contribution in [2.75, 3.05) is 36.0 Å². The number of halogens is 4. The van der Waals surface area contributed by atoms with Gasteiger partial charge in [0.15, 0.2) is 5.78 Å². The van der Waals surface area contributed by atoms with Crippen LogP contribution in [0.2, 0.25) is 0 Å². The number of ketones is 1.